The fraction of sp³-hybridized carbons (Fsp3) is 0.176. The van der Waals surface area contributed by atoms with Crippen LogP contribution in [-0.4, -0.2) is 17.4 Å². The van der Waals surface area contributed by atoms with Crippen LogP contribution in [-0.2, 0) is 4.79 Å². The number of fused-ring (bicyclic) bond motifs is 1. The van der Waals surface area contributed by atoms with Crippen LogP contribution in [0.3, 0.4) is 0 Å². The number of aromatic nitrogens is 1. The lowest BCUT2D eigenvalue weighted by molar-refractivity contribution is -0.117. The number of nitrogens with zero attached hydrogens (tertiary/aromatic N) is 2. The summed E-state index contributed by atoms with van der Waals surface area (Å²) in [6.07, 6.45) is 0.446. The van der Waals surface area contributed by atoms with Crippen molar-refractivity contribution in [2.75, 3.05) is 11.4 Å². The number of rotatable bonds is 2. The van der Waals surface area contributed by atoms with Gasteiger partial charge < -0.3 is 9.32 Å². The second-order valence-electron chi connectivity index (χ2n) is 5.26. The van der Waals surface area contributed by atoms with Crippen LogP contribution in [0.1, 0.15) is 18.2 Å². The van der Waals surface area contributed by atoms with Crippen LogP contribution in [0.25, 0.3) is 11.1 Å². The summed E-state index contributed by atoms with van der Waals surface area (Å²) in [5, 5.41) is 0. The molecule has 21 heavy (non-hydrogen) atoms. The molecule has 1 fully saturated rings. The molecule has 4 nitrogen and oxygen atoms in total. The van der Waals surface area contributed by atoms with Gasteiger partial charge in [0.1, 0.15) is 5.52 Å². The monoisotopic (exact) mass is 278 g/mol. The predicted octanol–water partition coefficient (Wildman–Crippen LogP) is 3.35. The Morgan fingerprint density at radius 3 is 2.62 bits per heavy atom. The molecule has 0 N–H and O–H groups in total. The summed E-state index contributed by atoms with van der Waals surface area (Å²) in [7, 11) is 0. The average molecular weight is 278 g/mol. The SMILES string of the molecule is O=C1C[C@@H](c2nc3ccccc3o2)CN1c1ccccc1. The Kier molecular flexibility index (Phi) is 2.74. The number of carbonyl (C=O) groups is 1. The van der Waals surface area contributed by atoms with E-state index in [4.69, 9.17) is 4.42 Å². The fourth-order valence-electron chi connectivity index (χ4n) is 2.80. The van der Waals surface area contributed by atoms with Crippen LogP contribution in [0.2, 0.25) is 0 Å². The molecule has 0 aliphatic carbocycles. The molecule has 4 rings (SSSR count). The number of hydrogen-bond acceptors (Lipinski definition) is 3. The molecular formula is C17H14N2O2. The zero-order valence-corrected chi connectivity index (χ0v) is 11.4. The molecule has 1 atom stereocenters. The van der Waals surface area contributed by atoms with E-state index in [9.17, 15) is 4.79 Å². The van der Waals surface area contributed by atoms with Crippen molar-refractivity contribution in [3.05, 3.63) is 60.5 Å². The van der Waals surface area contributed by atoms with Crippen LogP contribution >= 0.6 is 0 Å². The lowest BCUT2D eigenvalue weighted by Crippen LogP contribution is -2.24. The van der Waals surface area contributed by atoms with Gasteiger partial charge in [0.2, 0.25) is 11.8 Å². The predicted molar refractivity (Wildman–Crippen MR) is 80.2 cm³/mol. The third-order valence-electron chi connectivity index (χ3n) is 3.85. The largest absolute Gasteiger partial charge is 0.440 e. The van der Waals surface area contributed by atoms with Crippen molar-refractivity contribution in [1.82, 2.24) is 4.98 Å². The van der Waals surface area contributed by atoms with Crippen molar-refractivity contribution in [1.29, 1.82) is 0 Å². The highest BCUT2D eigenvalue weighted by Crippen LogP contribution is 2.32. The van der Waals surface area contributed by atoms with E-state index in [1.807, 2.05) is 54.6 Å². The van der Waals surface area contributed by atoms with Gasteiger partial charge in [-0.05, 0) is 24.3 Å². The Labute approximate surface area is 122 Å². The summed E-state index contributed by atoms with van der Waals surface area (Å²) < 4.78 is 5.79. The summed E-state index contributed by atoms with van der Waals surface area (Å²) in [5.41, 5.74) is 2.55. The highest BCUT2D eigenvalue weighted by Gasteiger charge is 2.34. The van der Waals surface area contributed by atoms with E-state index in [2.05, 4.69) is 4.98 Å². The first kappa shape index (κ1) is 12.1. The first-order valence-corrected chi connectivity index (χ1v) is 7.02. The molecule has 0 unspecified atom stereocenters. The van der Waals surface area contributed by atoms with Crippen LogP contribution < -0.4 is 4.90 Å². The number of oxazole rings is 1. The standard InChI is InChI=1S/C17H14N2O2/c20-16-10-12(11-19(16)13-6-2-1-3-7-13)17-18-14-8-4-5-9-15(14)21-17/h1-9,12H,10-11H2/t12-/m1/s1. The highest BCUT2D eigenvalue weighted by atomic mass is 16.3. The van der Waals surface area contributed by atoms with Gasteiger partial charge in [-0.3, -0.25) is 4.79 Å². The molecule has 1 amide bonds. The first-order chi connectivity index (χ1) is 10.3. The van der Waals surface area contributed by atoms with Gasteiger partial charge in [-0.1, -0.05) is 30.3 Å². The van der Waals surface area contributed by atoms with Crippen molar-refractivity contribution < 1.29 is 9.21 Å². The van der Waals surface area contributed by atoms with Gasteiger partial charge in [0.25, 0.3) is 0 Å². The zero-order valence-electron chi connectivity index (χ0n) is 11.4. The molecule has 0 saturated carbocycles. The van der Waals surface area contributed by atoms with Crippen LogP contribution in [0, 0.1) is 0 Å². The van der Waals surface area contributed by atoms with E-state index in [0.29, 0.717) is 18.9 Å². The zero-order chi connectivity index (χ0) is 14.2. The van der Waals surface area contributed by atoms with Gasteiger partial charge >= 0.3 is 0 Å². The van der Waals surface area contributed by atoms with Crippen molar-refractivity contribution in [3.63, 3.8) is 0 Å². The van der Waals surface area contributed by atoms with Crippen LogP contribution in [0.4, 0.5) is 5.69 Å². The second-order valence-corrected chi connectivity index (χ2v) is 5.26. The third-order valence-corrected chi connectivity index (χ3v) is 3.85. The van der Waals surface area contributed by atoms with Gasteiger partial charge in [-0.25, -0.2) is 4.98 Å². The number of benzene rings is 2. The molecule has 4 heteroatoms. The van der Waals surface area contributed by atoms with Gasteiger partial charge in [-0.15, -0.1) is 0 Å². The fourth-order valence-corrected chi connectivity index (χ4v) is 2.80. The first-order valence-electron chi connectivity index (χ1n) is 7.02. The Bertz CT molecular complexity index is 762. The van der Waals surface area contributed by atoms with Crippen LogP contribution in [0.5, 0.6) is 0 Å². The molecule has 1 saturated heterocycles. The van der Waals surface area contributed by atoms with E-state index in [1.54, 1.807) is 4.90 Å². The Hall–Kier alpha value is -2.62. The number of amides is 1. The minimum Gasteiger partial charge on any atom is -0.440 e. The van der Waals surface area contributed by atoms with Gasteiger partial charge in [0.05, 0.1) is 5.92 Å². The van der Waals surface area contributed by atoms with E-state index in [-0.39, 0.29) is 11.8 Å². The molecule has 0 radical (unpaired) electrons. The Morgan fingerprint density at radius 1 is 1.05 bits per heavy atom. The molecule has 0 spiro atoms. The maximum atomic E-state index is 12.2. The quantitative estimate of drug-likeness (QED) is 0.722. The van der Waals surface area contributed by atoms with Crippen molar-refractivity contribution in [2.45, 2.75) is 12.3 Å². The topological polar surface area (TPSA) is 46.3 Å². The molecule has 104 valence electrons. The van der Waals surface area contributed by atoms with E-state index < -0.39 is 0 Å². The van der Waals surface area contributed by atoms with Crippen LogP contribution in [0.15, 0.2) is 59.0 Å². The minimum absolute atomic E-state index is 0.0186. The number of hydrogen-bond donors (Lipinski definition) is 0. The maximum Gasteiger partial charge on any atom is 0.227 e. The molecule has 1 aliphatic rings. The average Bonchev–Trinajstić information content (AvgIpc) is 3.11. The maximum absolute atomic E-state index is 12.2. The van der Waals surface area contributed by atoms with Crippen molar-refractivity contribution >= 4 is 22.7 Å². The summed E-state index contributed by atoms with van der Waals surface area (Å²) in [4.78, 5) is 18.5. The molecule has 3 aromatic rings. The Morgan fingerprint density at radius 2 is 1.81 bits per heavy atom. The lowest BCUT2D eigenvalue weighted by atomic mass is 10.1. The number of anilines is 1. The summed E-state index contributed by atoms with van der Waals surface area (Å²) in [6, 6.07) is 17.4. The number of para-hydroxylation sites is 3. The molecule has 1 aromatic heterocycles. The normalized spacial score (nSPS) is 18.6. The van der Waals surface area contributed by atoms with E-state index >= 15 is 0 Å². The molecular weight excluding hydrogens is 264 g/mol. The summed E-state index contributed by atoms with van der Waals surface area (Å²) in [6.45, 7) is 0.621. The van der Waals surface area contributed by atoms with E-state index in [0.717, 1.165) is 16.8 Å². The minimum atomic E-state index is 0.0186. The molecule has 2 heterocycles. The Balaban J connectivity index is 1.64. The van der Waals surface area contributed by atoms with Gasteiger partial charge in [0, 0.05) is 18.7 Å². The third kappa shape index (κ3) is 2.09. The molecule has 0 bridgehead atoms. The van der Waals surface area contributed by atoms with Gasteiger partial charge in [0.15, 0.2) is 5.58 Å². The number of carbonyl (C=O) groups excluding carboxylic acids is 1. The second kappa shape index (κ2) is 4.74. The molecule has 2 aromatic carbocycles. The van der Waals surface area contributed by atoms with E-state index in [1.165, 1.54) is 0 Å². The van der Waals surface area contributed by atoms with Crippen molar-refractivity contribution in [3.8, 4) is 0 Å². The summed E-state index contributed by atoms with van der Waals surface area (Å²) >= 11 is 0. The highest BCUT2D eigenvalue weighted by molar-refractivity contribution is 5.96. The lowest BCUT2D eigenvalue weighted by Gasteiger charge is -2.15. The molecule has 1 aliphatic heterocycles. The van der Waals surface area contributed by atoms with Crippen molar-refractivity contribution in [2.24, 2.45) is 0 Å². The van der Waals surface area contributed by atoms with Gasteiger partial charge in [-0.2, -0.15) is 0 Å². The summed E-state index contributed by atoms with van der Waals surface area (Å²) in [5.74, 6) is 0.793. The smallest absolute Gasteiger partial charge is 0.227 e.